The Balaban J connectivity index is 1.85. The number of benzene rings is 1. The summed E-state index contributed by atoms with van der Waals surface area (Å²) in [6.07, 6.45) is 2.32. The lowest BCUT2D eigenvalue weighted by molar-refractivity contribution is 0.762. The highest BCUT2D eigenvalue weighted by Crippen LogP contribution is 2.40. The molecule has 0 saturated heterocycles. The molecule has 0 amide bonds. The lowest BCUT2D eigenvalue weighted by Gasteiger charge is -2.15. The normalized spacial score (nSPS) is 17.8. The van der Waals surface area contributed by atoms with E-state index in [0.29, 0.717) is 6.04 Å². The van der Waals surface area contributed by atoms with Crippen molar-refractivity contribution < 1.29 is 0 Å². The van der Waals surface area contributed by atoms with E-state index in [-0.39, 0.29) is 0 Å². The van der Waals surface area contributed by atoms with Crippen molar-refractivity contribution in [3.8, 4) is 0 Å². The van der Waals surface area contributed by atoms with Gasteiger partial charge in [0.2, 0.25) is 0 Å². The average Bonchev–Trinajstić information content (AvgIpc) is 2.78. The van der Waals surface area contributed by atoms with E-state index in [1.807, 2.05) is 0 Å². The molecule has 1 aromatic heterocycles. The molecule has 1 atom stereocenters. The van der Waals surface area contributed by atoms with Gasteiger partial charge in [-0.05, 0) is 61.6 Å². The molecular formula is C15H16ClNS. The van der Waals surface area contributed by atoms with Crippen molar-refractivity contribution in [3.63, 3.8) is 0 Å². The van der Waals surface area contributed by atoms with E-state index < -0.39 is 0 Å². The zero-order valence-corrected chi connectivity index (χ0v) is 12.2. The number of aryl methyl sites for hydroxylation is 3. The maximum absolute atomic E-state index is 6.09. The molecule has 0 spiro atoms. The molecule has 0 saturated carbocycles. The Labute approximate surface area is 117 Å². The van der Waals surface area contributed by atoms with Crippen LogP contribution in [0, 0.1) is 13.8 Å². The number of nitrogens with one attached hydrogen (secondary N) is 1. The number of hydrogen-bond donors (Lipinski definition) is 1. The molecule has 0 radical (unpaired) electrons. The molecule has 1 aliphatic rings. The molecule has 1 heterocycles. The summed E-state index contributed by atoms with van der Waals surface area (Å²) in [5, 5.41) is 3.64. The quantitative estimate of drug-likeness (QED) is 0.803. The Kier molecular flexibility index (Phi) is 3.08. The maximum atomic E-state index is 6.09. The van der Waals surface area contributed by atoms with Gasteiger partial charge in [0.1, 0.15) is 0 Å². The average molecular weight is 278 g/mol. The minimum absolute atomic E-state index is 0.421. The van der Waals surface area contributed by atoms with Gasteiger partial charge in [-0.3, -0.25) is 0 Å². The summed E-state index contributed by atoms with van der Waals surface area (Å²) < 4.78 is 0.909. The molecule has 3 rings (SSSR count). The van der Waals surface area contributed by atoms with E-state index in [4.69, 9.17) is 11.6 Å². The molecular weight excluding hydrogens is 262 g/mol. The number of thiophene rings is 1. The minimum atomic E-state index is 0.421. The van der Waals surface area contributed by atoms with E-state index in [1.54, 1.807) is 11.3 Å². The first kappa shape index (κ1) is 12.1. The summed E-state index contributed by atoms with van der Waals surface area (Å²) in [5.41, 5.74) is 5.22. The van der Waals surface area contributed by atoms with Gasteiger partial charge >= 0.3 is 0 Å². The van der Waals surface area contributed by atoms with Crippen molar-refractivity contribution in [2.45, 2.75) is 32.7 Å². The summed E-state index contributed by atoms with van der Waals surface area (Å²) in [6.45, 7) is 4.28. The van der Waals surface area contributed by atoms with Gasteiger partial charge in [0.05, 0.1) is 10.4 Å². The SMILES string of the molecule is Cc1cc(C)cc(NC2CCc3sc(Cl)cc32)c1. The molecule has 1 aliphatic carbocycles. The van der Waals surface area contributed by atoms with Crippen LogP contribution < -0.4 is 5.32 Å². The number of anilines is 1. The first-order chi connectivity index (χ1) is 8.61. The van der Waals surface area contributed by atoms with Gasteiger partial charge < -0.3 is 5.32 Å². The fraction of sp³-hybridized carbons (Fsp3) is 0.333. The van der Waals surface area contributed by atoms with Crippen molar-refractivity contribution >= 4 is 28.6 Å². The number of rotatable bonds is 2. The van der Waals surface area contributed by atoms with Crippen LogP contribution >= 0.6 is 22.9 Å². The van der Waals surface area contributed by atoms with Gasteiger partial charge in [0.15, 0.2) is 0 Å². The van der Waals surface area contributed by atoms with E-state index >= 15 is 0 Å². The molecule has 0 fully saturated rings. The van der Waals surface area contributed by atoms with Crippen LogP contribution in [0.2, 0.25) is 4.34 Å². The van der Waals surface area contributed by atoms with E-state index in [2.05, 4.69) is 43.4 Å². The van der Waals surface area contributed by atoms with Gasteiger partial charge in [0, 0.05) is 10.6 Å². The standard InChI is InChI=1S/C15H16ClNS/c1-9-5-10(2)7-11(6-9)17-13-3-4-14-12(13)8-15(16)18-14/h5-8,13,17H,3-4H2,1-2H3. The van der Waals surface area contributed by atoms with Crippen molar-refractivity contribution in [2.24, 2.45) is 0 Å². The van der Waals surface area contributed by atoms with Crippen LogP contribution in [0.1, 0.15) is 34.0 Å². The lowest BCUT2D eigenvalue weighted by Crippen LogP contribution is -2.06. The van der Waals surface area contributed by atoms with Crippen molar-refractivity contribution in [1.29, 1.82) is 0 Å². The maximum Gasteiger partial charge on any atom is 0.0934 e. The summed E-state index contributed by atoms with van der Waals surface area (Å²) in [7, 11) is 0. The predicted molar refractivity (Wildman–Crippen MR) is 79.9 cm³/mol. The van der Waals surface area contributed by atoms with Gasteiger partial charge in [-0.1, -0.05) is 17.7 Å². The first-order valence-corrected chi connectivity index (χ1v) is 7.44. The second-order valence-corrected chi connectivity index (χ2v) is 6.81. The van der Waals surface area contributed by atoms with Gasteiger partial charge in [-0.15, -0.1) is 11.3 Å². The van der Waals surface area contributed by atoms with Gasteiger partial charge in [0.25, 0.3) is 0 Å². The van der Waals surface area contributed by atoms with E-state index in [9.17, 15) is 0 Å². The van der Waals surface area contributed by atoms with Crippen molar-refractivity contribution in [3.05, 3.63) is 50.2 Å². The Hall–Kier alpha value is -0.990. The Morgan fingerprint density at radius 3 is 2.61 bits per heavy atom. The van der Waals surface area contributed by atoms with Crippen LogP contribution in [-0.4, -0.2) is 0 Å². The highest BCUT2D eigenvalue weighted by atomic mass is 35.5. The molecule has 1 nitrogen and oxygen atoms in total. The highest BCUT2D eigenvalue weighted by Gasteiger charge is 2.24. The Morgan fingerprint density at radius 1 is 1.17 bits per heavy atom. The van der Waals surface area contributed by atoms with E-state index in [0.717, 1.165) is 10.8 Å². The summed E-state index contributed by atoms with van der Waals surface area (Å²) in [6, 6.07) is 9.16. The Bertz CT molecular complexity index is 568. The fourth-order valence-corrected chi connectivity index (χ4v) is 4.10. The zero-order chi connectivity index (χ0) is 12.7. The first-order valence-electron chi connectivity index (χ1n) is 6.25. The molecule has 1 unspecified atom stereocenters. The minimum Gasteiger partial charge on any atom is -0.378 e. The smallest absolute Gasteiger partial charge is 0.0934 e. The fourth-order valence-electron chi connectivity index (χ4n) is 2.74. The monoisotopic (exact) mass is 277 g/mol. The molecule has 0 aliphatic heterocycles. The van der Waals surface area contributed by atoms with Crippen LogP contribution in [-0.2, 0) is 6.42 Å². The molecule has 18 heavy (non-hydrogen) atoms. The molecule has 2 aromatic rings. The van der Waals surface area contributed by atoms with Crippen LogP contribution in [0.25, 0.3) is 0 Å². The molecule has 94 valence electrons. The Morgan fingerprint density at radius 2 is 1.89 bits per heavy atom. The molecule has 3 heteroatoms. The number of fused-ring (bicyclic) bond motifs is 1. The van der Waals surface area contributed by atoms with Crippen LogP contribution in [0.3, 0.4) is 0 Å². The number of hydrogen-bond acceptors (Lipinski definition) is 2. The van der Waals surface area contributed by atoms with Crippen LogP contribution in [0.4, 0.5) is 5.69 Å². The third-order valence-corrected chi connectivity index (χ3v) is 4.75. The lowest BCUT2D eigenvalue weighted by atomic mass is 10.1. The summed E-state index contributed by atoms with van der Waals surface area (Å²) in [5.74, 6) is 0. The van der Waals surface area contributed by atoms with Gasteiger partial charge in [-0.25, -0.2) is 0 Å². The topological polar surface area (TPSA) is 12.0 Å². The summed E-state index contributed by atoms with van der Waals surface area (Å²) in [4.78, 5) is 1.45. The molecule has 1 N–H and O–H groups in total. The van der Waals surface area contributed by atoms with Crippen molar-refractivity contribution in [1.82, 2.24) is 0 Å². The predicted octanol–water partition coefficient (Wildman–Crippen LogP) is 5.12. The van der Waals surface area contributed by atoms with E-state index in [1.165, 1.54) is 33.7 Å². The number of halogens is 1. The van der Waals surface area contributed by atoms with Gasteiger partial charge in [-0.2, -0.15) is 0 Å². The molecule has 1 aromatic carbocycles. The van der Waals surface area contributed by atoms with Crippen molar-refractivity contribution in [2.75, 3.05) is 5.32 Å². The van der Waals surface area contributed by atoms with Crippen LogP contribution in [0.5, 0.6) is 0 Å². The third kappa shape index (κ3) is 2.27. The van der Waals surface area contributed by atoms with Crippen LogP contribution in [0.15, 0.2) is 24.3 Å². The molecule has 0 bridgehead atoms. The zero-order valence-electron chi connectivity index (χ0n) is 10.6. The summed E-state index contributed by atoms with van der Waals surface area (Å²) >= 11 is 7.81. The second-order valence-electron chi connectivity index (χ2n) is 5.04. The third-order valence-electron chi connectivity index (χ3n) is 3.41. The highest BCUT2D eigenvalue weighted by molar-refractivity contribution is 7.16. The largest absolute Gasteiger partial charge is 0.378 e. The second kappa shape index (κ2) is 4.60.